The summed E-state index contributed by atoms with van der Waals surface area (Å²) in [4.78, 5) is 26.2. The molecular weight excluding hydrogens is 417 g/mol. The van der Waals surface area contributed by atoms with Crippen molar-refractivity contribution >= 4 is 12.1 Å². The van der Waals surface area contributed by atoms with Crippen LogP contribution in [-0.2, 0) is 21.5 Å². The van der Waals surface area contributed by atoms with E-state index in [2.05, 4.69) is 0 Å². The number of benzene rings is 2. The fourth-order valence-electron chi connectivity index (χ4n) is 3.93. The van der Waals surface area contributed by atoms with Crippen LogP contribution in [0.1, 0.15) is 45.2 Å². The number of hydrogen-bond donors (Lipinski definition) is 1. The lowest BCUT2D eigenvalue weighted by atomic mass is 9.79. The summed E-state index contributed by atoms with van der Waals surface area (Å²) in [6.07, 6.45) is -0.430. The number of carboxylic acids is 1. The van der Waals surface area contributed by atoms with Crippen LogP contribution in [0.2, 0.25) is 0 Å². The Bertz CT molecular complexity index is 1030. The second-order valence-corrected chi connectivity index (χ2v) is 8.95. The van der Waals surface area contributed by atoms with Crippen molar-refractivity contribution in [3.8, 4) is 17.2 Å². The van der Waals surface area contributed by atoms with Gasteiger partial charge in [-0.3, -0.25) is 9.69 Å². The third kappa shape index (κ3) is 4.95. The van der Waals surface area contributed by atoms with E-state index in [9.17, 15) is 19.1 Å². The lowest BCUT2D eigenvalue weighted by molar-refractivity contribution is -0.140. The molecule has 172 valence electrons. The van der Waals surface area contributed by atoms with Crippen LogP contribution in [-0.4, -0.2) is 41.3 Å². The third-order valence-electron chi connectivity index (χ3n) is 5.30. The summed E-state index contributed by atoms with van der Waals surface area (Å²) in [6.45, 7) is 7.26. The molecule has 1 heterocycles. The molecule has 0 spiro atoms. The Morgan fingerprint density at radius 2 is 1.91 bits per heavy atom. The van der Waals surface area contributed by atoms with Gasteiger partial charge < -0.3 is 19.3 Å². The van der Waals surface area contributed by atoms with Crippen molar-refractivity contribution in [3.63, 3.8) is 0 Å². The molecule has 8 heteroatoms. The van der Waals surface area contributed by atoms with Crippen LogP contribution in [0.5, 0.6) is 17.2 Å². The molecule has 0 fully saturated rings. The van der Waals surface area contributed by atoms with Crippen molar-refractivity contribution in [1.82, 2.24) is 4.90 Å². The van der Waals surface area contributed by atoms with E-state index in [0.29, 0.717) is 30.0 Å². The van der Waals surface area contributed by atoms with Crippen LogP contribution >= 0.6 is 0 Å². The van der Waals surface area contributed by atoms with Gasteiger partial charge in [-0.05, 0) is 69.5 Å². The minimum absolute atomic E-state index is 0.267. The van der Waals surface area contributed by atoms with Gasteiger partial charge >= 0.3 is 12.1 Å². The van der Waals surface area contributed by atoms with Crippen LogP contribution in [0, 0.1) is 5.82 Å². The average molecular weight is 445 g/mol. The van der Waals surface area contributed by atoms with E-state index in [0.717, 1.165) is 5.56 Å². The zero-order valence-electron chi connectivity index (χ0n) is 18.9. The van der Waals surface area contributed by atoms with Gasteiger partial charge in [-0.2, -0.15) is 0 Å². The smallest absolute Gasteiger partial charge is 0.411 e. The number of fused-ring (bicyclic) bond motifs is 1. The van der Waals surface area contributed by atoms with Crippen molar-refractivity contribution in [2.75, 3.05) is 13.7 Å². The van der Waals surface area contributed by atoms with E-state index in [4.69, 9.17) is 14.2 Å². The predicted molar refractivity (Wildman–Crippen MR) is 116 cm³/mol. The Hall–Kier alpha value is -3.29. The molecule has 32 heavy (non-hydrogen) atoms. The van der Waals surface area contributed by atoms with E-state index in [1.165, 1.54) is 30.2 Å². The lowest BCUT2D eigenvalue weighted by Crippen LogP contribution is -2.54. The number of rotatable bonds is 5. The maximum Gasteiger partial charge on any atom is 0.411 e. The summed E-state index contributed by atoms with van der Waals surface area (Å²) in [5.74, 6) is -0.525. The Balaban J connectivity index is 2.09. The van der Waals surface area contributed by atoms with Crippen molar-refractivity contribution in [3.05, 3.63) is 53.3 Å². The van der Waals surface area contributed by atoms with Gasteiger partial charge in [0.2, 0.25) is 0 Å². The highest BCUT2D eigenvalue weighted by Gasteiger charge is 2.45. The third-order valence-corrected chi connectivity index (χ3v) is 5.30. The van der Waals surface area contributed by atoms with Gasteiger partial charge in [-0.25, -0.2) is 9.18 Å². The van der Waals surface area contributed by atoms with E-state index in [1.54, 1.807) is 45.9 Å². The molecule has 2 aromatic carbocycles. The molecule has 0 bridgehead atoms. The van der Waals surface area contributed by atoms with Gasteiger partial charge in [0, 0.05) is 12.6 Å². The van der Waals surface area contributed by atoms with Crippen LogP contribution in [0.3, 0.4) is 0 Å². The maximum absolute atomic E-state index is 13.6. The molecule has 7 nitrogen and oxygen atoms in total. The number of amides is 1. The molecule has 0 saturated carbocycles. The number of carbonyl (C=O) groups is 2. The van der Waals surface area contributed by atoms with Gasteiger partial charge in [0.05, 0.1) is 19.1 Å². The fourth-order valence-corrected chi connectivity index (χ4v) is 3.93. The van der Waals surface area contributed by atoms with Gasteiger partial charge in [0.1, 0.15) is 17.2 Å². The molecule has 0 aromatic heterocycles. The summed E-state index contributed by atoms with van der Waals surface area (Å²) in [6, 6.07) is 9.11. The molecule has 0 radical (unpaired) electrons. The number of methoxy groups -OCH3 is 1. The second-order valence-electron chi connectivity index (χ2n) is 8.95. The molecule has 3 rings (SSSR count). The van der Waals surface area contributed by atoms with Crippen LogP contribution in [0.25, 0.3) is 0 Å². The number of ether oxygens (including phenoxy) is 3. The van der Waals surface area contributed by atoms with Crippen molar-refractivity contribution in [2.24, 2.45) is 0 Å². The highest BCUT2D eigenvalue weighted by atomic mass is 19.1. The lowest BCUT2D eigenvalue weighted by Gasteiger charge is -2.45. The number of aliphatic carboxylic acids is 1. The van der Waals surface area contributed by atoms with Crippen molar-refractivity contribution in [1.29, 1.82) is 0 Å². The molecule has 1 aliphatic heterocycles. The van der Waals surface area contributed by atoms with Gasteiger partial charge in [0.25, 0.3) is 0 Å². The predicted octanol–water partition coefficient (Wildman–Crippen LogP) is 5.11. The first-order valence-corrected chi connectivity index (χ1v) is 10.3. The molecule has 1 atom stereocenters. The monoisotopic (exact) mass is 445 g/mol. The molecule has 1 N–H and O–H groups in total. The summed E-state index contributed by atoms with van der Waals surface area (Å²) in [7, 11) is 1.49. The van der Waals surface area contributed by atoms with Crippen LogP contribution < -0.4 is 9.47 Å². The Morgan fingerprint density at radius 1 is 1.19 bits per heavy atom. The quantitative estimate of drug-likeness (QED) is 0.688. The average Bonchev–Trinajstić information content (AvgIpc) is 2.66. The Labute approximate surface area is 186 Å². The van der Waals surface area contributed by atoms with Gasteiger partial charge in [-0.1, -0.05) is 6.07 Å². The van der Waals surface area contributed by atoms with E-state index in [1.807, 2.05) is 0 Å². The molecule has 0 unspecified atom stereocenters. The molecule has 0 aliphatic carbocycles. The first-order valence-electron chi connectivity index (χ1n) is 10.3. The first-order chi connectivity index (χ1) is 14.9. The first kappa shape index (κ1) is 23.4. The van der Waals surface area contributed by atoms with E-state index < -0.39 is 29.0 Å². The number of hydrogen-bond acceptors (Lipinski definition) is 5. The van der Waals surface area contributed by atoms with E-state index in [-0.39, 0.29) is 12.2 Å². The van der Waals surface area contributed by atoms with Crippen molar-refractivity contribution < 1.29 is 33.3 Å². The van der Waals surface area contributed by atoms with Crippen LogP contribution in [0.15, 0.2) is 36.4 Å². The van der Waals surface area contributed by atoms with Gasteiger partial charge in [-0.15, -0.1) is 0 Å². The zero-order valence-corrected chi connectivity index (χ0v) is 18.9. The topological polar surface area (TPSA) is 85.3 Å². The Kier molecular flexibility index (Phi) is 6.34. The fraction of sp³-hybridized carbons (Fsp3) is 0.417. The summed E-state index contributed by atoms with van der Waals surface area (Å²) < 4.78 is 30.5. The summed E-state index contributed by atoms with van der Waals surface area (Å²) >= 11 is 0. The minimum atomic E-state index is -1.19. The number of halogens is 1. The van der Waals surface area contributed by atoms with Crippen molar-refractivity contribution in [2.45, 2.75) is 51.7 Å². The highest BCUT2D eigenvalue weighted by Crippen LogP contribution is 2.44. The molecule has 1 aliphatic rings. The van der Waals surface area contributed by atoms with E-state index >= 15 is 0 Å². The summed E-state index contributed by atoms with van der Waals surface area (Å²) in [5.41, 5.74) is -0.456. The zero-order chi connectivity index (χ0) is 23.7. The summed E-state index contributed by atoms with van der Waals surface area (Å²) in [5, 5.41) is 9.65. The molecule has 2 aromatic rings. The largest absolute Gasteiger partial charge is 0.493 e. The maximum atomic E-state index is 13.6. The number of carboxylic acid groups (broad SMARTS) is 1. The minimum Gasteiger partial charge on any atom is -0.493 e. The Morgan fingerprint density at radius 3 is 2.50 bits per heavy atom. The second kappa shape index (κ2) is 8.68. The van der Waals surface area contributed by atoms with Crippen LogP contribution in [0.4, 0.5) is 9.18 Å². The standard InChI is InChI=1S/C24H28FNO6/c1-23(2,3)32-22(29)26-10-9-15-11-19(30-5)20(31-17-8-6-7-16(25)12-17)13-18(15)24(26,4)14-21(27)28/h6-8,11-13H,9-10,14H2,1-5H3,(H,27,28)/t24-/m1/s1. The number of nitrogens with zero attached hydrogens (tertiary/aromatic N) is 1. The number of carbonyl (C=O) groups excluding carboxylic acids is 1. The van der Waals surface area contributed by atoms with Gasteiger partial charge in [0.15, 0.2) is 11.5 Å². The molecule has 0 saturated heterocycles. The molecular formula is C24H28FNO6. The normalized spacial score (nSPS) is 18.0. The highest BCUT2D eigenvalue weighted by molar-refractivity contribution is 5.75. The SMILES string of the molecule is COc1cc2c(cc1Oc1cccc(F)c1)[C@@](C)(CC(=O)O)N(C(=O)OC(C)(C)C)CC2. The molecule has 1 amide bonds.